The predicted octanol–water partition coefficient (Wildman–Crippen LogP) is 3.28. The highest BCUT2D eigenvalue weighted by Crippen LogP contribution is 2.25. The highest BCUT2D eigenvalue weighted by atomic mass is 35.5. The molecule has 0 bridgehead atoms. The van der Waals surface area contributed by atoms with Crippen molar-refractivity contribution in [3.63, 3.8) is 0 Å². The van der Waals surface area contributed by atoms with Crippen LogP contribution in [0.25, 0.3) is 0 Å². The van der Waals surface area contributed by atoms with Gasteiger partial charge in [-0.25, -0.2) is 4.98 Å². The number of benzene rings is 1. The van der Waals surface area contributed by atoms with Crippen LogP contribution in [0.1, 0.15) is 34.2 Å². The molecular weight excluding hydrogens is 386 g/mol. The Hall–Kier alpha value is -2.12. The summed E-state index contributed by atoms with van der Waals surface area (Å²) >= 11 is 7.18. The molecule has 2 amide bonds. The lowest BCUT2D eigenvalue weighted by Crippen LogP contribution is -2.59. The molecule has 8 heteroatoms. The number of aromatic nitrogens is 1. The largest absolute Gasteiger partial charge is 0.486 e. The average molecular weight is 408 g/mol. The van der Waals surface area contributed by atoms with Crippen molar-refractivity contribution in [1.82, 2.24) is 15.2 Å². The van der Waals surface area contributed by atoms with Gasteiger partial charge in [-0.1, -0.05) is 25.4 Å². The second-order valence-corrected chi connectivity index (χ2v) is 8.26. The van der Waals surface area contributed by atoms with Crippen LogP contribution in [0.5, 0.6) is 5.75 Å². The lowest BCUT2D eigenvalue weighted by Gasteiger charge is -2.37. The monoisotopic (exact) mass is 407 g/mol. The summed E-state index contributed by atoms with van der Waals surface area (Å²) in [6, 6.07) is 6.63. The van der Waals surface area contributed by atoms with Gasteiger partial charge in [0.2, 0.25) is 5.91 Å². The Kier molecular flexibility index (Phi) is 6.01. The van der Waals surface area contributed by atoms with Crippen molar-refractivity contribution in [2.24, 2.45) is 5.92 Å². The molecule has 1 aliphatic rings. The van der Waals surface area contributed by atoms with Crippen molar-refractivity contribution in [1.29, 1.82) is 0 Å². The molecule has 0 spiro atoms. The summed E-state index contributed by atoms with van der Waals surface area (Å²) in [6.45, 7) is 6.94. The average Bonchev–Trinajstić information content (AvgIpc) is 3.00. The quantitative estimate of drug-likeness (QED) is 0.825. The Morgan fingerprint density at radius 3 is 2.78 bits per heavy atom. The zero-order valence-electron chi connectivity index (χ0n) is 15.5. The fourth-order valence-corrected chi connectivity index (χ4v) is 4.15. The van der Waals surface area contributed by atoms with E-state index in [0.717, 1.165) is 0 Å². The molecule has 1 atom stereocenters. The zero-order chi connectivity index (χ0) is 19.6. The minimum atomic E-state index is -0.457. The van der Waals surface area contributed by atoms with E-state index in [1.165, 1.54) is 11.3 Å². The maximum Gasteiger partial charge on any atom is 0.266 e. The topological polar surface area (TPSA) is 71.5 Å². The number of carbonyl (C=O) groups excluding carboxylic acids is 2. The van der Waals surface area contributed by atoms with Gasteiger partial charge in [0.05, 0.1) is 5.69 Å². The first-order valence-corrected chi connectivity index (χ1v) is 9.99. The van der Waals surface area contributed by atoms with Gasteiger partial charge in [-0.2, -0.15) is 0 Å². The second-order valence-electron chi connectivity index (χ2n) is 6.74. The van der Waals surface area contributed by atoms with Crippen molar-refractivity contribution in [2.45, 2.75) is 33.4 Å². The minimum Gasteiger partial charge on any atom is -0.486 e. The van der Waals surface area contributed by atoms with E-state index < -0.39 is 6.04 Å². The molecular formula is C19H22ClN3O3S. The molecule has 1 saturated heterocycles. The predicted molar refractivity (Wildman–Crippen MR) is 105 cm³/mol. The van der Waals surface area contributed by atoms with E-state index in [-0.39, 0.29) is 24.3 Å². The van der Waals surface area contributed by atoms with Crippen molar-refractivity contribution in [2.75, 3.05) is 13.1 Å². The standard InChI is InChI=1S/C19H22ClN3O3S/c1-11(2)16-18(24)21-8-9-23(16)19(25)17-12(3)22-15(27-17)10-26-14-6-4-13(20)5-7-14/h4-7,11,16H,8-10H2,1-3H3,(H,21,24). The van der Waals surface area contributed by atoms with Gasteiger partial charge in [-0.15, -0.1) is 11.3 Å². The summed E-state index contributed by atoms with van der Waals surface area (Å²) in [4.78, 5) is 32.0. The summed E-state index contributed by atoms with van der Waals surface area (Å²) in [5.74, 6) is 0.484. The number of piperazine rings is 1. The van der Waals surface area contributed by atoms with Gasteiger partial charge < -0.3 is 15.0 Å². The van der Waals surface area contributed by atoms with Gasteiger partial charge in [-0.05, 0) is 37.1 Å². The lowest BCUT2D eigenvalue weighted by atomic mass is 9.99. The number of rotatable bonds is 5. The summed E-state index contributed by atoms with van der Waals surface area (Å²) in [5.41, 5.74) is 0.660. The molecule has 0 aliphatic carbocycles. The molecule has 144 valence electrons. The van der Waals surface area contributed by atoms with Crippen molar-refractivity contribution in [3.8, 4) is 5.75 Å². The number of carbonyl (C=O) groups is 2. The van der Waals surface area contributed by atoms with Gasteiger partial charge >= 0.3 is 0 Å². The highest BCUT2D eigenvalue weighted by Gasteiger charge is 2.36. The van der Waals surface area contributed by atoms with Crippen LogP contribution in [0.3, 0.4) is 0 Å². The molecule has 3 rings (SSSR count). The summed E-state index contributed by atoms with van der Waals surface area (Å²) < 4.78 is 5.72. The third-order valence-corrected chi connectivity index (χ3v) is 5.73. The van der Waals surface area contributed by atoms with Crippen LogP contribution < -0.4 is 10.1 Å². The Labute approximate surface area is 167 Å². The van der Waals surface area contributed by atoms with Crippen LogP contribution in [0.4, 0.5) is 0 Å². The molecule has 1 fully saturated rings. The first kappa shape index (κ1) is 19.6. The van der Waals surface area contributed by atoms with E-state index in [4.69, 9.17) is 16.3 Å². The molecule has 1 N–H and O–H groups in total. The van der Waals surface area contributed by atoms with Crippen LogP contribution in [0.2, 0.25) is 5.02 Å². The van der Waals surface area contributed by atoms with E-state index in [1.54, 1.807) is 29.2 Å². The fourth-order valence-electron chi connectivity index (χ4n) is 3.09. The molecule has 27 heavy (non-hydrogen) atoms. The van der Waals surface area contributed by atoms with Crippen LogP contribution in [-0.2, 0) is 11.4 Å². The number of hydrogen-bond acceptors (Lipinski definition) is 5. The molecule has 6 nitrogen and oxygen atoms in total. The molecule has 2 heterocycles. The third kappa shape index (κ3) is 4.42. The number of aryl methyl sites for hydroxylation is 1. The van der Waals surface area contributed by atoms with Crippen molar-refractivity contribution < 1.29 is 14.3 Å². The Bertz CT molecular complexity index is 835. The maximum atomic E-state index is 13.1. The van der Waals surface area contributed by atoms with Crippen LogP contribution >= 0.6 is 22.9 Å². The second kappa shape index (κ2) is 8.27. The number of thiazole rings is 1. The minimum absolute atomic E-state index is 0.0372. The third-order valence-electron chi connectivity index (χ3n) is 4.36. The number of nitrogens with zero attached hydrogens (tertiary/aromatic N) is 2. The number of nitrogens with one attached hydrogen (secondary N) is 1. The van der Waals surface area contributed by atoms with Gasteiger partial charge in [-0.3, -0.25) is 9.59 Å². The first-order valence-electron chi connectivity index (χ1n) is 8.80. The van der Waals surface area contributed by atoms with Gasteiger partial charge in [0, 0.05) is 18.1 Å². The lowest BCUT2D eigenvalue weighted by molar-refractivity contribution is -0.129. The van der Waals surface area contributed by atoms with Crippen LogP contribution in [0, 0.1) is 12.8 Å². The first-order chi connectivity index (χ1) is 12.9. The van der Waals surface area contributed by atoms with E-state index in [1.807, 2.05) is 20.8 Å². The molecule has 1 unspecified atom stereocenters. The van der Waals surface area contributed by atoms with E-state index in [9.17, 15) is 9.59 Å². The van der Waals surface area contributed by atoms with Crippen LogP contribution in [-0.4, -0.2) is 40.8 Å². The number of halogens is 1. The summed E-state index contributed by atoms with van der Waals surface area (Å²) in [5, 5.41) is 4.20. The number of amides is 2. The Balaban J connectivity index is 1.74. The van der Waals surface area contributed by atoms with Crippen molar-refractivity contribution in [3.05, 3.63) is 44.9 Å². The van der Waals surface area contributed by atoms with Crippen LogP contribution in [0.15, 0.2) is 24.3 Å². The van der Waals surface area contributed by atoms with E-state index in [2.05, 4.69) is 10.3 Å². The maximum absolute atomic E-state index is 13.1. The molecule has 1 aliphatic heterocycles. The zero-order valence-corrected chi connectivity index (χ0v) is 17.1. The van der Waals surface area contributed by atoms with Gasteiger partial charge in [0.25, 0.3) is 5.91 Å². The number of hydrogen-bond donors (Lipinski definition) is 1. The Morgan fingerprint density at radius 2 is 2.11 bits per heavy atom. The molecule has 0 saturated carbocycles. The SMILES string of the molecule is Cc1nc(COc2ccc(Cl)cc2)sc1C(=O)N1CCNC(=O)C1C(C)C. The Morgan fingerprint density at radius 1 is 1.41 bits per heavy atom. The molecule has 0 radical (unpaired) electrons. The van der Waals surface area contributed by atoms with Gasteiger partial charge in [0.1, 0.15) is 28.3 Å². The van der Waals surface area contributed by atoms with E-state index >= 15 is 0 Å². The summed E-state index contributed by atoms with van der Waals surface area (Å²) in [6.07, 6.45) is 0. The summed E-state index contributed by atoms with van der Waals surface area (Å²) in [7, 11) is 0. The molecule has 1 aromatic heterocycles. The normalized spacial score (nSPS) is 17.1. The molecule has 2 aromatic rings. The van der Waals surface area contributed by atoms with Gasteiger partial charge in [0.15, 0.2) is 0 Å². The fraction of sp³-hybridized carbons (Fsp3) is 0.421. The van der Waals surface area contributed by atoms with E-state index in [0.29, 0.717) is 39.4 Å². The van der Waals surface area contributed by atoms with Crippen molar-refractivity contribution >= 4 is 34.8 Å². The smallest absolute Gasteiger partial charge is 0.266 e. The molecule has 1 aromatic carbocycles. The number of ether oxygens (including phenoxy) is 1. The highest BCUT2D eigenvalue weighted by molar-refractivity contribution is 7.13.